The Labute approximate surface area is 154 Å². The standard InChI is InChI=1S/C20H26N4O2/c1-13-11-16-15(12-23(13)19(25)26-20(2,3)4)18-17-14(7-5-9-21-17)8-6-10-24(18)22-16/h5,7,9,13H,6,8,10-12H2,1-4H3/t13-/m1/s1. The van der Waals surface area contributed by atoms with Crippen molar-refractivity contribution in [1.29, 1.82) is 0 Å². The van der Waals surface area contributed by atoms with E-state index in [0.29, 0.717) is 6.54 Å². The van der Waals surface area contributed by atoms with Crippen LogP contribution < -0.4 is 0 Å². The monoisotopic (exact) mass is 354 g/mol. The molecule has 1 atom stereocenters. The Balaban J connectivity index is 1.74. The summed E-state index contributed by atoms with van der Waals surface area (Å²) in [6.07, 6.45) is 4.39. The maximum absolute atomic E-state index is 12.7. The predicted molar refractivity (Wildman–Crippen MR) is 98.7 cm³/mol. The van der Waals surface area contributed by atoms with Crippen LogP contribution in [0.4, 0.5) is 4.79 Å². The van der Waals surface area contributed by atoms with Gasteiger partial charge in [0, 0.05) is 30.8 Å². The molecule has 26 heavy (non-hydrogen) atoms. The molecular formula is C20H26N4O2. The van der Waals surface area contributed by atoms with Crippen molar-refractivity contribution in [3.63, 3.8) is 0 Å². The van der Waals surface area contributed by atoms with Crippen molar-refractivity contribution < 1.29 is 9.53 Å². The zero-order valence-electron chi connectivity index (χ0n) is 16.0. The fraction of sp³-hybridized carbons (Fsp3) is 0.550. The van der Waals surface area contributed by atoms with E-state index < -0.39 is 5.60 Å². The molecule has 0 fully saturated rings. The van der Waals surface area contributed by atoms with Crippen LogP contribution in [0.15, 0.2) is 18.3 Å². The van der Waals surface area contributed by atoms with Gasteiger partial charge in [-0.25, -0.2) is 4.79 Å². The van der Waals surface area contributed by atoms with E-state index in [-0.39, 0.29) is 12.1 Å². The molecule has 0 radical (unpaired) electrons. The Morgan fingerprint density at radius 3 is 2.92 bits per heavy atom. The molecule has 0 saturated carbocycles. The number of carbonyl (C=O) groups excluding carboxylic acids is 1. The molecule has 2 aliphatic heterocycles. The van der Waals surface area contributed by atoms with Crippen LogP contribution in [0.2, 0.25) is 0 Å². The molecule has 0 spiro atoms. The number of amides is 1. The maximum atomic E-state index is 12.7. The molecule has 0 bridgehead atoms. The van der Waals surface area contributed by atoms with Crippen molar-refractivity contribution in [1.82, 2.24) is 19.7 Å². The van der Waals surface area contributed by atoms with E-state index in [0.717, 1.165) is 48.5 Å². The summed E-state index contributed by atoms with van der Waals surface area (Å²) in [5.41, 5.74) is 5.06. The van der Waals surface area contributed by atoms with Crippen LogP contribution in [-0.4, -0.2) is 37.4 Å². The lowest BCUT2D eigenvalue weighted by Gasteiger charge is -2.34. The van der Waals surface area contributed by atoms with Crippen LogP contribution in [0, 0.1) is 0 Å². The van der Waals surface area contributed by atoms with E-state index >= 15 is 0 Å². The second-order valence-corrected chi connectivity index (χ2v) is 8.27. The van der Waals surface area contributed by atoms with Gasteiger partial charge in [-0.1, -0.05) is 6.07 Å². The van der Waals surface area contributed by atoms with Crippen LogP contribution in [-0.2, 0) is 30.7 Å². The molecule has 1 amide bonds. The van der Waals surface area contributed by atoms with Gasteiger partial charge in [0.2, 0.25) is 0 Å². The minimum absolute atomic E-state index is 0.0692. The van der Waals surface area contributed by atoms with E-state index in [1.165, 1.54) is 5.56 Å². The molecule has 2 aromatic rings. The summed E-state index contributed by atoms with van der Waals surface area (Å²) in [6.45, 7) is 9.17. The van der Waals surface area contributed by atoms with E-state index in [4.69, 9.17) is 9.84 Å². The molecule has 0 saturated heterocycles. The first-order valence-electron chi connectivity index (χ1n) is 9.36. The molecule has 138 valence electrons. The normalized spacial score (nSPS) is 19.2. The first kappa shape index (κ1) is 17.1. The van der Waals surface area contributed by atoms with Crippen molar-refractivity contribution in [2.75, 3.05) is 0 Å². The zero-order chi connectivity index (χ0) is 18.5. The number of ether oxygens (including phenoxy) is 1. The maximum Gasteiger partial charge on any atom is 0.410 e. The smallest absolute Gasteiger partial charge is 0.410 e. The topological polar surface area (TPSA) is 60.2 Å². The first-order valence-corrected chi connectivity index (χ1v) is 9.36. The molecule has 4 heterocycles. The first-order chi connectivity index (χ1) is 12.3. The Morgan fingerprint density at radius 2 is 2.15 bits per heavy atom. The molecule has 0 N–H and O–H groups in total. The van der Waals surface area contributed by atoms with Crippen molar-refractivity contribution >= 4 is 6.09 Å². The highest BCUT2D eigenvalue weighted by Gasteiger charge is 2.35. The Bertz CT molecular complexity index is 850. The number of hydrogen-bond donors (Lipinski definition) is 0. The summed E-state index contributed by atoms with van der Waals surface area (Å²) in [5.74, 6) is 0. The van der Waals surface area contributed by atoms with Gasteiger partial charge in [-0.15, -0.1) is 0 Å². The fourth-order valence-corrected chi connectivity index (χ4v) is 3.86. The second-order valence-electron chi connectivity index (χ2n) is 8.27. The summed E-state index contributed by atoms with van der Waals surface area (Å²) < 4.78 is 7.71. The lowest BCUT2D eigenvalue weighted by Crippen LogP contribution is -2.45. The van der Waals surface area contributed by atoms with Crippen LogP contribution in [0.25, 0.3) is 11.4 Å². The molecular weight excluding hydrogens is 328 g/mol. The van der Waals surface area contributed by atoms with Gasteiger partial charge in [-0.3, -0.25) is 9.67 Å². The largest absolute Gasteiger partial charge is 0.444 e. The number of carbonyl (C=O) groups is 1. The predicted octanol–water partition coefficient (Wildman–Crippen LogP) is 3.57. The highest BCUT2D eigenvalue weighted by atomic mass is 16.6. The minimum atomic E-state index is -0.499. The summed E-state index contributed by atoms with van der Waals surface area (Å²) in [6, 6.07) is 4.21. The summed E-state index contributed by atoms with van der Waals surface area (Å²) in [7, 11) is 0. The summed E-state index contributed by atoms with van der Waals surface area (Å²) in [5, 5.41) is 4.87. The molecule has 6 heteroatoms. The highest BCUT2D eigenvalue weighted by molar-refractivity contribution is 5.71. The van der Waals surface area contributed by atoms with Gasteiger partial charge in [-0.05, 0) is 52.2 Å². The minimum Gasteiger partial charge on any atom is -0.444 e. The molecule has 2 aliphatic rings. The van der Waals surface area contributed by atoms with E-state index in [1.807, 2.05) is 37.9 Å². The lowest BCUT2D eigenvalue weighted by molar-refractivity contribution is 0.0138. The number of fused-ring (bicyclic) bond motifs is 5. The average molecular weight is 354 g/mol. The van der Waals surface area contributed by atoms with Crippen LogP contribution in [0.5, 0.6) is 0 Å². The number of aromatic nitrogens is 3. The summed E-state index contributed by atoms with van der Waals surface area (Å²) >= 11 is 0. The van der Waals surface area contributed by atoms with E-state index in [9.17, 15) is 4.79 Å². The highest BCUT2D eigenvalue weighted by Crippen LogP contribution is 2.35. The number of aryl methyl sites for hydroxylation is 2. The second kappa shape index (κ2) is 6.11. The van der Waals surface area contributed by atoms with Gasteiger partial charge >= 0.3 is 6.09 Å². The van der Waals surface area contributed by atoms with E-state index in [2.05, 4.69) is 22.7 Å². The van der Waals surface area contributed by atoms with Crippen molar-refractivity contribution in [3.8, 4) is 11.4 Å². The van der Waals surface area contributed by atoms with Crippen LogP contribution in [0.1, 0.15) is 50.9 Å². The van der Waals surface area contributed by atoms with Gasteiger partial charge in [0.15, 0.2) is 0 Å². The molecule has 6 nitrogen and oxygen atoms in total. The van der Waals surface area contributed by atoms with Gasteiger partial charge < -0.3 is 9.64 Å². The third kappa shape index (κ3) is 2.97. The number of rotatable bonds is 0. The third-order valence-electron chi connectivity index (χ3n) is 5.04. The van der Waals surface area contributed by atoms with Crippen LogP contribution in [0.3, 0.4) is 0 Å². The molecule has 0 unspecified atom stereocenters. The van der Waals surface area contributed by atoms with E-state index in [1.54, 1.807) is 0 Å². The summed E-state index contributed by atoms with van der Waals surface area (Å²) in [4.78, 5) is 19.2. The fourth-order valence-electron chi connectivity index (χ4n) is 3.86. The van der Waals surface area contributed by atoms with Crippen LogP contribution >= 0.6 is 0 Å². The number of hydrogen-bond acceptors (Lipinski definition) is 4. The van der Waals surface area contributed by atoms with Crippen molar-refractivity contribution in [2.45, 2.75) is 71.7 Å². The SMILES string of the molecule is C[C@@H]1Cc2nn3c(c2CN1C(=O)OC(C)(C)C)-c1ncccc1CCC3. The molecule has 2 aromatic heterocycles. The van der Waals surface area contributed by atoms with Gasteiger partial charge in [-0.2, -0.15) is 5.10 Å². The zero-order valence-corrected chi connectivity index (χ0v) is 16.0. The Kier molecular flexibility index (Phi) is 4.01. The van der Waals surface area contributed by atoms with Gasteiger partial charge in [0.1, 0.15) is 5.60 Å². The molecule has 0 aliphatic carbocycles. The number of nitrogens with zero attached hydrogens (tertiary/aromatic N) is 4. The quantitative estimate of drug-likeness (QED) is 0.726. The Morgan fingerprint density at radius 1 is 1.35 bits per heavy atom. The Hall–Kier alpha value is -2.37. The van der Waals surface area contributed by atoms with Gasteiger partial charge in [0.05, 0.1) is 23.6 Å². The average Bonchev–Trinajstić information content (AvgIpc) is 2.79. The number of pyridine rings is 1. The lowest BCUT2D eigenvalue weighted by atomic mass is 9.97. The van der Waals surface area contributed by atoms with Crippen molar-refractivity contribution in [3.05, 3.63) is 35.2 Å². The van der Waals surface area contributed by atoms with Crippen molar-refractivity contribution in [2.24, 2.45) is 0 Å². The van der Waals surface area contributed by atoms with Gasteiger partial charge in [0.25, 0.3) is 0 Å². The molecule has 0 aromatic carbocycles. The molecule has 4 rings (SSSR count). The third-order valence-corrected chi connectivity index (χ3v) is 5.04.